The van der Waals surface area contributed by atoms with Crippen LogP contribution in [0.25, 0.3) is 6.08 Å². The zero-order valence-electron chi connectivity index (χ0n) is 24.3. The van der Waals surface area contributed by atoms with Crippen molar-refractivity contribution >= 4 is 46.4 Å². The van der Waals surface area contributed by atoms with E-state index in [9.17, 15) is 19.7 Å². The molecule has 0 spiro atoms. The summed E-state index contributed by atoms with van der Waals surface area (Å²) in [4.78, 5) is 46.4. The third-order valence-electron chi connectivity index (χ3n) is 7.57. The van der Waals surface area contributed by atoms with Gasteiger partial charge in [0.05, 0.1) is 34.4 Å². The number of allylic oxidation sites excluding steroid dienone is 1. The highest BCUT2D eigenvalue weighted by molar-refractivity contribution is 7.07. The van der Waals surface area contributed by atoms with E-state index in [1.807, 2.05) is 11.8 Å². The zero-order valence-corrected chi connectivity index (χ0v) is 25.9. The van der Waals surface area contributed by atoms with Gasteiger partial charge < -0.3 is 14.4 Å². The number of carbonyl (C=O) groups excluding carboxylic acids is 1. The molecule has 0 saturated carbocycles. The Kier molecular flexibility index (Phi) is 9.31. The molecule has 0 amide bonds. The van der Waals surface area contributed by atoms with Gasteiger partial charge in [-0.25, -0.2) is 9.79 Å². The average Bonchev–Trinajstić information content (AvgIpc) is 3.31. The largest absolute Gasteiger partial charge is 0.496 e. The van der Waals surface area contributed by atoms with Crippen LogP contribution in [0.3, 0.4) is 0 Å². The van der Waals surface area contributed by atoms with Gasteiger partial charge in [0.15, 0.2) is 4.80 Å². The highest BCUT2D eigenvalue weighted by atomic mass is 35.5. The number of ether oxygens (including phenoxy) is 2. The molecule has 2 aliphatic heterocycles. The minimum Gasteiger partial charge on any atom is -0.496 e. The van der Waals surface area contributed by atoms with Gasteiger partial charge in [0.25, 0.3) is 11.2 Å². The van der Waals surface area contributed by atoms with Crippen molar-refractivity contribution in [3.05, 3.63) is 93.6 Å². The number of nitro groups is 1. The number of fused-ring (bicyclic) bond motifs is 1. The number of nitrogens with zero attached hydrogens (tertiary/aromatic N) is 4. The monoisotopic (exact) mass is 624 g/mol. The van der Waals surface area contributed by atoms with Gasteiger partial charge in [-0.15, -0.1) is 0 Å². The maximum Gasteiger partial charge on any atom is 0.338 e. The molecular formula is C31H33ClN4O6S. The minimum atomic E-state index is -0.900. The van der Waals surface area contributed by atoms with Crippen molar-refractivity contribution in [3.8, 4) is 5.75 Å². The first kappa shape index (κ1) is 30.5. The molecule has 10 nitrogen and oxygen atoms in total. The fourth-order valence-electron chi connectivity index (χ4n) is 5.66. The van der Waals surface area contributed by atoms with Crippen LogP contribution in [0.2, 0.25) is 5.02 Å². The molecule has 1 atom stereocenters. The number of aromatic nitrogens is 1. The predicted octanol–water partition coefficient (Wildman–Crippen LogP) is 5.14. The summed E-state index contributed by atoms with van der Waals surface area (Å²) in [5.74, 6) is -0.118. The number of esters is 1. The minimum absolute atomic E-state index is 0.000189. The molecule has 0 radical (unpaired) electrons. The van der Waals surface area contributed by atoms with Crippen molar-refractivity contribution in [2.75, 3.05) is 31.7 Å². The van der Waals surface area contributed by atoms with E-state index in [0.717, 1.165) is 43.7 Å². The van der Waals surface area contributed by atoms with Crippen molar-refractivity contribution in [2.24, 2.45) is 4.99 Å². The second-order valence-corrected chi connectivity index (χ2v) is 11.8. The second kappa shape index (κ2) is 13.1. The molecule has 1 fully saturated rings. The molecular weight excluding hydrogens is 592 g/mol. The van der Waals surface area contributed by atoms with E-state index in [4.69, 9.17) is 26.1 Å². The second-order valence-electron chi connectivity index (χ2n) is 10.4. The third-order valence-corrected chi connectivity index (χ3v) is 8.79. The fourth-order valence-corrected chi connectivity index (χ4v) is 6.86. The number of hydrogen-bond acceptors (Lipinski definition) is 9. The molecule has 0 bridgehead atoms. The van der Waals surface area contributed by atoms with Gasteiger partial charge in [-0.05, 0) is 68.5 Å². The first-order valence-corrected chi connectivity index (χ1v) is 15.6. The summed E-state index contributed by atoms with van der Waals surface area (Å²) in [6.45, 7) is 5.40. The van der Waals surface area contributed by atoms with Crippen LogP contribution in [0.5, 0.6) is 5.75 Å². The van der Waals surface area contributed by atoms with E-state index in [1.165, 1.54) is 17.7 Å². The number of nitro benzene ring substituents is 1. The summed E-state index contributed by atoms with van der Waals surface area (Å²) < 4.78 is 12.9. The van der Waals surface area contributed by atoms with Gasteiger partial charge in [-0.1, -0.05) is 42.3 Å². The molecule has 5 rings (SSSR count). The Hall–Kier alpha value is -3.96. The third kappa shape index (κ3) is 6.09. The van der Waals surface area contributed by atoms with Crippen LogP contribution >= 0.6 is 22.9 Å². The Morgan fingerprint density at radius 2 is 1.95 bits per heavy atom. The Balaban J connectivity index is 1.71. The molecule has 3 heterocycles. The van der Waals surface area contributed by atoms with Crippen LogP contribution in [0.4, 0.5) is 11.4 Å². The van der Waals surface area contributed by atoms with Crippen LogP contribution < -0.4 is 24.5 Å². The summed E-state index contributed by atoms with van der Waals surface area (Å²) in [6, 6.07) is 9.20. The molecule has 0 unspecified atom stereocenters. The molecule has 1 aromatic heterocycles. The Morgan fingerprint density at radius 3 is 2.63 bits per heavy atom. The van der Waals surface area contributed by atoms with Crippen LogP contribution in [0, 0.1) is 10.1 Å². The van der Waals surface area contributed by atoms with Gasteiger partial charge >= 0.3 is 5.97 Å². The number of hydrogen-bond donors (Lipinski definition) is 0. The first-order valence-electron chi connectivity index (χ1n) is 14.4. The predicted molar refractivity (Wildman–Crippen MR) is 167 cm³/mol. The molecule has 2 aliphatic rings. The number of anilines is 1. The van der Waals surface area contributed by atoms with Crippen LogP contribution in [0.1, 0.15) is 63.1 Å². The lowest BCUT2D eigenvalue weighted by Gasteiger charge is -2.28. The van der Waals surface area contributed by atoms with E-state index in [1.54, 1.807) is 43.3 Å². The lowest BCUT2D eigenvalue weighted by molar-refractivity contribution is -0.384. The first-order chi connectivity index (χ1) is 20.8. The summed E-state index contributed by atoms with van der Waals surface area (Å²) in [7, 11) is 1.51. The number of thiazole rings is 1. The summed E-state index contributed by atoms with van der Waals surface area (Å²) in [6.07, 6.45) is 5.93. The fraction of sp³-hybridized carbons (Fsp3) is 0.387. The Morgan fingerprint density at radius 1 is 1.19 bits per heavy atom. The smallest absolute Gasteiger partial charge is 0.338 e. The summed E-state index contributed by atoms with van der Waals surface area (Å²) >= 11 is 7.57. The summed E-state index contributed by atoms with van der Waals surface area (Å²) in [5.41, 5.74) is 2.02. The van der Waals surface area contributed by atoms with Crippen LogP contribution in [-0.2, 0) is 9.53 Å². The van der Waals surface area contributed by atoms with Crippen molar-refractivity contribution in [1.29, 1.82) is 0 Å². The standard InChI is InChI=1S/C31H33ClN4O6S/c1-4-9-22-27(30(38)42-5-2)28(21-18-20(32)11-13-25(21)41-3)35-29(37)26(43-31(35)33-22)17-19-10-12-23(24(16-19)36(39)40)34-14-7-6-8-15-34/h10-13,16-18,28H,4-9,14-15H2,1-3H3/b26-17-/t28-/m0/s1. The van der Waals surface area contributed by atoms with Crippen molar-refractivity contribution in [1.82, 2.24) is 4.57 Å². The topological polar surface area (TPSA) is 116 Å². The average molecular weight is 625 g/mol. The van der Waals surface area contributed by atoms with Gasteiger partial charge in [0.1, 0.15) is 17.5 Å². The summed E-state index contributed by atoms with van der Waals surface area (Å²) in [5, 5.41) is 12.5. The van der Waals surface area contributed by atoms with E-state index < -0.39 is 17.6 Å². The van der Waals surface area contributed by atoms with E-state index >= 15 is 0 Å². The number of piperidine rings is 1. The molecule has 226 valence electrons. The van der Waals surface area contributed by atoms with Gasteiger partial charge in [0.2, 0.25) is 0 Å². The highest BCUT2D eigenvalue weighted by Gasteiger charge is 2.36. The normalized spacial score (nSPS) is 17.0. The van der Waals surface area contributed by atoms with E-state index in [2.05, 4.69) is 0 Å². The molecule has 12 heteroatoms. The molecule has 3 aromatic rings. The quantitative estimate of drug-likeness (QED) is 0.184. The van der Waals surface area contributed by atoms with Crippen molar-refractivity contribution in [2.45, 2.75) is 52.0 Å². The maximum absolute atomic E-state index is 14.1. The lowest BCUT2D eigenvalue weighted by Crippen LogP contribution is -2.40. The molecule has 0 N–H and O–H groups in total. The molecule has 0 aliphatic carbocycles. The maximum atomic E-state index is 14.1. The van der Waals surface area contributed by atoms with Crippen molar-refractivity contribution < 1.29 is 19.2 Å². The number of methoxy groups -OCH3 is 1. The van der Waals surface area contributed by atoms with Gasteiger partial charge in [-0.2, -0.15) is 0 Å². The van der Waals surface area contributed by atoms with Gasteiger partial charge in [-0.3, -0.25) is 19.5 Å². The van der Waals surface area contributed by atoms with E-state index in [-0.39, 0.29) is 22.8 Å². The van der Waals surface area contributed by atoms with Crippen LogP contribution in [0.15, 0.2) is 57.5 Å². The van der Waals surface area contributed by atoms with E-state index in [0.29, 0.717) is 55.5 Å². The lowest BCUT2D eigenvalue weighted by atomic mass is 9.93. The van der Waals surface area contributed by atoms with Crippen molar-refractivity contribution in [3.63, 3.8) is 0 Å². The number of benzene rings is 2. The number of carbonyl (C=O) groups is 1. The number of rotatable bonds is 9. The molecule has 2 aromatic carbocycles. The Labute approximate surface area is 257 Å². The molecule has 43 heavy (non-hydrogen) atoms. The zero-order chi connectivity index (χ0) is 30.7. The Bertz CT molecular complexity index is 1770. The number of halogens is 1. The molecule has 1 saturated heterocycles. The van der Waals surface area contributed by atoms with Crippen LogP contribution in [-0.4, -0.2) is 42.3 Å². The highest BCUT2D eigenvalue weighted by Crippen LogP contribution is 2.38. The van der Waals surface area contributed by atoms with Gasteiger partial charge in [0, 0.05) is 29.7 Å². The SMILES string of the molecule is CCCC1=C(C(=O)OCC)[C@H](c2cc(Cl)ccc2OC)n2c(s/c(=C\c3ccc(N4CCCCC4)c([N+](=O)[O-])c3)c2=O)=N1.